The van der Waals surface area contributed by atoms with Gasteiger partial charge in [-0.3, -0.25) is 14.5 Å². The molecule has 40 heavy (non-hydrogen) atoms. The van der Waals surface area contributed by atoms with Gasteiger partial charge in [0.2, 0.25) is 0 Å². The number of halogens is 2. The number of hydrogen-bond donors (Lipinski definition) is 1. The van der Waals surface area contributed by atoms with Crippen molar-refractivity contribution in [3.05, 3.63) is 136 Å². The van der Waals surface area contributed by atoms with Crippen LogP contribution < -0.4 is 15.0 Å². The lowest BCUT2D eigenvalue weighted by Gasteiger charge is -2.35. The van der Waals surface area contributed by atoms with Gasteiger partial charge >= 0.3 is 0 Å². The Hall–Kier alpha value is -4.42. The Morgan fingerprint density at radius 1 is 0.900 bits per heavy atom. The number of methoxy groups -OCH3 is 1. The van der Waals surface area contributed by atoms with Crippen molar-refractivity contribution in [3.63, 3.8) is 0 Å². The number of anilines is 2. The fourth-order valence-electron chi connectivity index (χ4n) is 5.62. The normalized spacial score (nSPS) is 18.4. The van der Waals surface area contributed by atoms with Crippen LogP contribution in [-0.4, -0.2) is 18.8 Å². The van der Waals surface area contributed by atoms with E-state index in [4.69, 9.17) is 16.3 Å². The highest BCUT2D eigenvalue weighted by molar-refractivity contribution is 6.30. The van der Waals surface area contributed by atoms with Gasteiger partial charge in [0.25, 0.3) is 5.91 Å². The Kier molecular flexibility index (Phi) is 6.86. The van der Waals surface area contributed by atoms with Gasteiger partial charge in [-0.1, -0.05) is 48.0 Å². The number of rotatable bonds is 4. The summed E-state index contributed by atoms with van der Waals surface area (Å²) in [7, 11) is 1.62. The Bertz CT molecular complexity index is 1620. The number of fused-ring (bicyclic) bond motifs is 1. The van der Waals surface area contributed by atoms with E-state index in [9.17, 15) is 14.0 Å². The molecule has 7 heteroatoms. The maximum Gasteiger partial charge on any atom is 0.259 e. The van der Waals surface area contributed by atoms with E-state index in [1.54, 1.807) is 48.4 Å². The maximum atomic E-state index is 14.2. The molecular formula is C33H26ClFN2O3. The predicted octanol–water partition coefficient (Wildman–Crippen LogP) is 7.70. The second kappa shape index (κ2) is 10.6. The van der Waals surface area contributed by atoms with Crippen molar-refractivity contribution < 1.29 is 18.7 Å². The summed E-state index contributed by atoms with van der Waals surface area (Å²) < 4.78 is 19.3. The van der Waals surface area contributed by atoms with E-state index < -0.39 is 11.9 Å². The molecule has 2 aliphatic rings. The highest BCUT2D eigenvalue weighted by atomic mass is 35.5. The van der Waals surface area contributed by atoms with Gasteiger partial charge in [-0.15, -0.1) is 0 Å². The van der Waals surface area contributed by atoms with E-state index in [0.717, 1.165) is 17.0 Å². The average molecular weight is 553 g/mol. The minimum atomic E-state index is -0.765. The van der Waals surface area contributed by atoms with Crippen LogP contribution in [0.1, 0.15) is 46.3 Å². The summed E-state index contributed by atoms with van der Waals surface area (Å²) in [5.41, 5.74) is 4.71. The topological polar surface area (TPSA) is 58.6 Å². The quantitative estimate of drug-likeness (QED) is 0.282. The number of allylic oxidation sites excluding steroid dienone is 1. The van der Waals surface area contributed by atoms with Crippen molar-refractivity contribution in [3.8, 4) is 5.75 Å². The first-order valence-electron chi connectivity index (χ1n) is 13.0. The number of carbonyl (C=O) groups is 2. The third kappa shape index (κ3) is 4.75. The number of Topliss-reactive ketones (excluding diaryl/α,β-unsaturated/α-hetero) is 1. The van der Waals surface area contributed by atoms with Crippen LogP contribution in [0.15, 0.2) is 108 Å². The van der Waals surface area contributed by atoms with Crippen LogP contribution in [-0.2, 0) is 4.79 Å². The second-order valence-corrected chi connectivity index (χ2v) is 10.4. The number of ketones is 1. The van der Waals surface area contributed by atoms with Gasteiger partial charge in [0.05, 0.1) is 24.5 Å². The standard InChI is InChI=1S/C33H26ClFN2O3/c1-40-26-16-10-20(11-17-26)23-18-28-31(30(38)19-23)32(21-8-14-25(35)15-9-21)37(29-5-3-2-4-27(29)36-28)33(39)22-6-12-24(34)13-7-22/h2-17,23,32,36H,18-19H2,1H3. The number of nitrogens with zero attached hydrogens (tertiary/aromatic N) is 1. The zero-order valence-corrected chi connectivity index (χ0v) is 22.5. The van der Waals surface area contributed by atoms with Gasteiger partial charge < -0.3 is 10.1 Å². The molecular weight excluding hydrogens is 527 g/mol. The summed E-state index contributed by atoms with van der Waals surface area (Å²) in [4.78, 5) is 30.0. The molecule has 1 N–H and O–H groups in total. The summed E-state index contributed by atoms with van der Waals surface area (Å²) in [6.07, 6.45) is 0.853. The Morgan fingerprint density at radius 3 is 2.27 bits per heavy atom. The van der Waals surface area contributed by atoms with E-state index in [1.165, 1.54) is 12.1 Å². The number of para-hydroxylation sites is 2. The van der Waals surface area contributed by atoms with Crippen LogP contribution in [0.4, 0.5) is 15.8 Å². The fourth-order valence-corrected chi connectivity index (χ4v) is 5.74. The number of amides is 1. The zero-order valence-electron chi connectivity index (χ0n) is 21.7. The summed E-state index contributed by atoms with van der Waals surface area (Å²) >= 11 is 6.11. The van der Waals surface area contributed by atoms with Crippen LogP contribution in [0, 0.1) is 5.82 Å². The molecule has 0 saturated carbocycles. The summed E-state index contributed by atoms with van der Waals surface area (Å²) in [6.45, 7) is 0. The molecule has 2 unspecified atom stereocenters. The lowest BCUT2D eigenvalue weighted by molar-refractivity contribution is -0.116. The highest BCUT2D eigenvalue weighted by Crippen LogP contribution is 2.48. The molecule has 5 nitrogen and oxygen atoms in total. The molecule has 0 bridgehead atoms. The molecule has 200 valence electrons. The van der Waals surface area contributed by atoms with Gasteiger partial charge in [0.15, 0.2) is 5.78 Å². The molecule has 1 heterocycles. The first kappa shape index (κ1) is 25.8. The number of ether oxygens (including phenoxy) is 1. The Balaban J connectivity index is 1.53. The number of carbonyl (C=O) groups excluding carboxylic acids is 2. The summed E-state index contributed by atoms with van der Waals surface area (Å²) in [5, 5.41) is 4.03. The van der Waals surface area contributed by atoms with Crippen molar-refractivity contribution in [2.75, 3.05) is 17.3 Å². The molecule has 0 saturated heterocycles. The van der Waals surface area contributed by atoms with Crippen LogP contribution in [0.25, 0.3) is 0 Å². The van der Waals surface area contributed by atoms with E-state index in [0.29, 0.717) is 39.5 Å². The molecule has 0 aromatic heterocycles. The molecule has 0 radical (unpaired) electrons. The van der Waals surface area contributed by atoms with Gasteiger partial charge in [0.1, 0.15) is 11.6 Å². The minimum absolute atomic E-state index is 0.0517. The minimum Gasteiger partial charge on any atom is -0.497 e. The van der Waals surface area contributed by atoms with Gasteiger partial charge in [0, 0.05) is 28.3 Å². The van der Waals surface area contributed by atoms with E-state index >= 15 is 0 Å². The second-order valence-electron chi connectivity index (χ2n) is 9.97. The van der Waals surface area contributed by atoms with Crippen LogP contribution in [0.2, 0.25) is 5.02 Å². The zero-order chi connectivity index (χ0) is 27.8. The maximum absolute atomic E-state index is 14.2. The number of nitrogens with one attached hydrogen (secondary N) is 1. The van der Waals surface area contributed by atoms with Gasteiger partial charge in [-0.05, 0) is 84.1 Å². The van der Waals surface area contributed by atoms with E-state index in [-0.39, 0.29) is 24.0 Å². The van der Waals surface area contributed by atoms with Crippen LogP contribution >= 0.6 is 11.6 Å². The van der Waals surface area contributed by atoms with Gasteiger partial charge in [-0.2, -0.15) is 0 Å². The molecule has 0 spiro atoms. The SMILES string of the molecule is COc1ccc(C2CC(=O)C3=C(C2)Nc2ccccc2N(C(=O)c2ccc(Cl)cc2)C3c2ccc(F)cc2)cc1. The fraction of sp³-hybridized carbons (Fsp3) is 0.152. The first-order chi connectivity index (χ1) is 19.4. The smallest absolute Gasteiger partial charge is 0.259 e. The van der Waals surface area contributed by atoms with Crippen LogP contribution in [0.3, 0.4) is 0 Å². The van der Waals surface area contributed by atoms with Crippen molar-refractivity contribution in [1.82, 2.24) is 0 Å². The number of benzene rings is 4. The predicted molar refractivity (Wildman–Crippen MR) is 154 cm³/mol. The molecule has 6 rings (SSSR count). The Labute approximate surface area is 236 Å². The highest BCUT2D eigenvalue weighted by Gasteiger charge is 2.41. The molecule has 1 aliphatic carbocycles. The molecule has 1 amide bonds. The third-order valence-corrected chi connectivity index (χ3v) is 7.82. The molecule has 2 atom stereocenters. The third-order valence-electron chi connectivity index (χ3n) is 7.57. The van der Waals surface area contributed by atoms with E-state index in [1.807, 2.05) is 48.5 Å². The molecule has 0 fully saturated rings. The molecule has 4 aromatic rings. The lowest BCUT2D eigenvalue weighted by atomic mass is 9.78. The largest absolute Gasteiger partial charge is 0.497 e. The Morgan fingerprint density at radius 2 is 1.57 bits per heavy atom. The summed E-state index contributed by atoms with van der Waals surface area (Å²) in [6, 6.07) is 27.2. The number of hydrogen-bond acceptors (Lipinski definition) is 4. The van der Waals surface area contributed by atoms with E-state index in [2.05, 4.69) is 5.32 Å². The van der Waals surface area contributed by atoms with Crippen molar-refractivity contribution in [2.45, 2.75) is 24.8 Å². The summed E-state index contributed by atoms with van der Waals surface area (Å²) in [5.74, 6) is -0.0517. The van der Waals surface area contributed by atoms with Crippen molar-refractivity contribution >= 4 is 34.7 Å². The first-order valence-corrected chi connectivity index (χ1v) is 13.4. The molecule has 4 aromatic carbocycles. The van der Waals surface area contributed by atoms with Crippen molar-refractivity contribution in [2.24, 2.45) is 0 Å². The lowest BCUT2D eigenvalue weighted by Crippen LogP contribution is -2.38. The molecule has 1 aliphatic heterocycles. The van der Waals surface area contributed by atoms with Crippen molar-refractivity contribution in [1.29, 1.82) is 0 Å². The average Bonchev–Trinajstić information content (AvgIpc) is 3.12. The van der Waals surface area contributed by atoms with Gasteiger partial charge in [-0.25, -0.2) is 4.39 Å². The monoisotopic (exact) mass is 552 g/mol. The van der Waals surface area contributed by atoms with Crippen LogP contribution in [0.5, 0.6) is 5.75 Å².